The van der Waals surface area contributed by atoms with E-state index in [4.69, 9.17) is 24.7 Å². The first-order valence-corrected chi connectivity index (χ1v) is 34.7. The predicted molar refractivity (Wildman–Crippen MR) is 320 cm³/mol. The lowest BCUT2D eigenvalue weighted by Crippen LogP contribution is -2.26. The van der Waals surface area contributed by atoms with Crippen molar-refractivity contribution in [2.75, 3.05) is 13.2 Å². The molecule has 0 aliphatic carbocycles. The average Bonchev–Trinajstić information content (AvgIpc) is 4.33. The zero-order valence-electron chi connectivity index (χ0n) is 47.0. The molecule has 0 aliphatic rings. The van der Waals surface area contributed by atoms with Crippen molar-refractivity contribution in [1.82, 2.24) is 59.3 Å². The summed E-state index contributed by atoms with van der Waals surface area (Å²) in [5, 5.41) is 25.9. The maximum absolute atomic E-state index is 13.9. The van der Waals surface area contributed by atoms with Gasteiger partial charge in [0.15, 0.2) is 11.3 Å². The highest BCUT2D eigenvalue weighted by Crippen LogP contribution is 2.32. The molecule has 2 N–H and O–H groups in total. The van der Waals surface area contributed by atoms with Crippen LogP contribution in [0.25, 0.3) is 66.9 Å². The molecule has 0 aliphatic heterocycles. The Morgan fingerprint density at radius 3 is 1.44 bits per heavy atom. The van der Waals surface area contributed by atoms with Crippen molar-refractivity contribution in [2.45, 2.75) is 90.8 Å². The van der Waals surface area contributed by atoms with Crippen molar-refractivity contribution < 1.29 is 27.8 Å². The molecule has 0 unspecified atom stereocenters. The summed E-state index contributed by atoms with van der Waals surface area (Å²) >= 11 is 3.45. The molecule has 22 heteroatoms. The van der Waals surface area contributed by atoms with Gasteiger partial charge in [-0.1, -0.05) is 79.5 Å². The first-order chi connectivity index (χ1) is 38.5. The summed E-state index contributed by atoms with van der Waals surface area (Å²) in [5.74, 6) is -1.27. The van der Waals surface area contributed by atoms with E-state index in [0.29, 0.717) is 86.0 Å². The number of hydrogen-bond acceptors (Lipinski definition) is 11. The molecule has 0 fully saturated rings. The molecular weight excluding hydrogens is 1130 g/mol. The van der Waals surface area contributed by atoms with Crippen LogP contribution in [0.15, 0.2) is 114 Å². The summed E-state index contributed by atoms with van der Waals surface area (Å²) in [4.78, 5) is 46.3. The SMILES string of the molecule is C[C@@H](NC(=O)c1cn(COCC[Si](C)(C)C)c2ncc(-c3nn(C)c4cc(F)ccc34)nc12)c1ccc(Br)cc1.C[C@@H](NC(=O)c1cn(COCC[Si](C)(C)C)c2ncc(-c3nn(C)c4cc(F)ccc34)nc12)c1ccc(C#N)cc1. The Morgan fingerprint density at radius 1 is 0.642 bits per heavy atom. The number of nitriles is 1. The van der Waals surface area contributed by atoms with Gasteiger partial charge in [-0.15, -0.1) is 0 Å². The van der Waals surface area contributed by atoms with Gasteiger partial charge in [0.25, 0.3) is 11.8 Å². The van der Waals surface area contributed by atoms with Crippen LogP contribution >= 0.6 is 15.9 Å². The van der Waals surface area contributed by atoms with Crippen LogP contribution < -0.4 is 10.6 Å². The number of benzene rings is 4. The summed E-state index contributed by atoms with van der Waals surface area (Å²) < 4.78 is 47.6. The van der Waals surface area contributed by atoms with Crippen LogP contribution in [0, 0.1) is 23.0 Å². The Morgan fingerprint density at radius 2 is 1.05 bits per heavy atom. The first-order valence-electron chi connectivity index (χ1n) is 26.5. The van der Waals surface area contributed by atoms with Gasteiger partial charge in [-0.2, -0.15) is 15.5 Å². The fourth-order valence-corrected chi connectivity index (χ4v) is 10.9. The van der Waals surface area contributed by atoms with Crippen LogP contribution in [0.3, 0.4) is 0 Å². The highest BCUT2D eigenvalue weighted by molar-refractivity contribution is 9.10. The highest BCUT2D eigenvalue weighted by Gasteiger charge is 2.25. The second-order valence-corrected chi connectivity index (χ2v) is 34.7. The van der Waals surface area contributed by atoms with Crippen molar-refractivity contribution in [2.24, 2.45) is 14.1 Å². The Bertz CT molecular complexity index is 3990. The number of fused-ring (bicyclic) bond motifs is 4. The van der Waals surface area contributed by atoms with Gasteiger partial charge < -0.3 is 29.2 Å². The molecule has 2 atom stereocenters. The number of amides is 2. The normalized spacial score (nSPS) is 12.6. The number of nitrogens with one attached hydrogen (secondary N) is 2. The van der Waals surface area contributed by atoms with Crippen molar-refractivity contribution in [3.63, 3.8) is 0 Å². The van der Waals surface area contributed by atoms with Crippen LogP contribution in [0.4, 0.5) is 8.78 Å². The lowest BCUT2D eigenvalue weighted by Gasteiger charge is -2.15. The second kappa shape index (κ2) is 24.1. The Kier molecular flexibility index (Phi) is 17.2. The Labute approximate surface area is 478 Å². The van der Waals surface area contributed by atoms with Gasteiger partial charge in [0.2, 0.25) is 0 Å². The predicted octanol–water partition coefficient (Wildman–Crippen LogP) is 12.5. The van der Waals surface area contributed by atoms with E-state index in [1.165, 1.54) is 24.3 Å². The number of halogens is 3. The summed E-state index contributed by atoms with van der Waals surface area (Å²) in [6.45, 7) is 19.4. The summed E-state index contributed by atoms with van der Waals surface area (Å²) in [6.07, 6.45) is 6.72. The number of aromatic nitrogens is 10. The van der Waals surface area contributed by atoms with E-state index in [-0.39, 0.29) is 49.0 Å². The maximum atomic E-state index is 13.9. The van der Waals surface area contributed by atoms with Crippen LogP contribution in [0.1, 0.15) is 63.3 Å². The molecule has 10 rings (SSSR count). The number of ether oxygens (including phenoxy) is 2. The molecule has 2 amide bonds. The molecule has 0 saturated carbocycles. The summed E-state index contributed by atoms with van der Waals surface area (Å²) in [7, 11) is 0.992. The zero-order chi connectivity index (χ0) is 57.9. The molecule has 0 spiro atoms. The minimum absolute atomic E-state index is 0.224. The lowest BCUT2D eigenvalue weighted by molar-refractivity contribution is 0.0885. The van der Waals surface area contributed by atoms with Crippen LogP contribution in [0.5, 0.6) is 0 Å². The number of rotatable bonds is 18. The van der Waals surface area contributed by atoms with Crippen molar-refractivity contribution in [3.05, 3.63) is 154 Å². The summed E-state index contributed by atoms with van der Waals surface area (Å²) in [5.41, 5.74) is 8.45. The van der Waals surface area contributed by atoms with E-state index >= 15 is 0 Å². The topological polar surface area (TPSA) is 198 Å². The minimum Gasteiger partial charge on any atom is -0.361 e. The number of carbonyl (C=O) groups is 2. The second-order valence-electron chi connectivity index (χ2n) is 22.5. The van der Waals surface area contributed by atoms with E-state index in [9.17, 15) is 18.4 Å². The molecule has 4 aromatic carbocycles. The molecule has 10 aromatic rings. The van der Waals surface area contributed by atoms with Crippen molar-refractivity contribution in [1.29, 1.82) is 5.26 Å². The van der Waals surface area contributed by atoms with E-state index < -0.39 is 16.1 Å². The fraction of sp³-hybridized carbons (Fsp3) is 0.305. The van der Waals surface area contributed by atoms with Crippen molar-refractivity contribution >= 4 is 88.0 Å². The van der Waals surface area contributed by atoms with E-state index in [1.807, 2.05) is 54.8 Å². The average molecular weight is 1190 g/mol. The molecule has 0 saturated heterocycles. The van der Waals surface area contributed by atoms with Gasteiger partial charge in [-0.05, 0) is 97.7 Å². The number of aryl methyl sites for hydroxylation is 2. The molecular formula is C59H64BrF2N13O4Si2. The van der Waals surface area contributed by atoms with Gasteiger partial charge in [-0.25, -0.2) is 28.7 Å². The van der Waals surface area contributed by atoms with Gasteiger partial charge in [0, 0.05) is 71.1 Å². The van der Waals surface area contributed by atoms with Crippen LogP contribution in [-0.2, 0) is 37.0 Å². The first kappa shape index (κ1) is 57.9. The summed E-state index contributed by atoms with van der Waals surface area (Å²) in [6, 6.07) is 27.6. The largest absolute Gasteiger partial charge is 0.361 e. The Balaban J connectivity index is 0.000000196. The molecule has 81 heavy (non-hydrogen) atoms. The smallest absolute Gasteiger partial charge is 0.255 e. The molecule has 17 nitrogen and oxygen atoms in total. The fourth-order valence-electron chi connectivity index (χ4n) is 9.10. The number of nitrogens with zero attached hydrogens (tertiary/aromatic N) is 11. The van der Waals surface area contributed by atoms with Gasteiger partial charge in [0.1, 0.15) is 58.9 Å². The number of carbonyl (C=O) groups excluding carboxylic acids is 2. The minimum atomic E-state index is -1.26. The maximum Gasteiger partial charge on any atom is 0.255 e. The standard InChI is InChI=1S/C30H32FN7O2Si.C29H32BrFN6O2Si/c1-19(21-8-6-20(15-32)7-9-21)34-30(39)24-17-38(18-40-12-13-41(3,4)5)29-28(24)35-25(16-33-29)27-23-11-10-22(31)14-26(23)37(2)36-27;1-18(19-6-8-20(30)9-7-19)33-29(38)23-16-37(17-39-12-13-40(3,4)5)28-27(23)34-24(15-32-28)26-22-11-10-21(31)14-25(22)36(2)35-26/h6-11,14,16-17,19H,12-13,18H2,1-5H3,(H,34,39);6-11,14-16,18H,12-13,17H2,1-5H3,(H,33,38)/t19-;18-/m11/s1. The Hall–Kier alpha value is -7.82. The quantitative estimate of drug-likeness (QED) is 0.0612. The van der Waals surface area contributed by atoms with Crippen LogP contribution in [-0.4, -0.2) is 89.8 Å². The van der Waals surface area contributed by atoms with Gasteiger partial charge in [-0.3, -0.25) is 19.0 Å². The monoisotopic (exact) mass is 1190 g/mol. The molecule has 0 bridgehead atoms. The van der Waals surface area contributed by atoms with E-state index in [1.54, 1.807) is 77.1 Å². The highest BCUT2D eigenvalue weighted by atomic mass is 79.9. The van der Waals surface area contributed by atoms with E-state index in [0.717, 1.165) is 38.5 Å². The lowest BCUT2D eigenvalue weighted by atomic mass is 10.1. The van der Waals surface area contributed by atoms with Crippen LogP contribution in [0.2, 0.25) is 51.4 Å². The van der Waals surface area contributed by atoms with Crippen molar-refractivity contribution in [3.8, 4) is 28.8 Å². The number of hydrogen-bond donors (Lipinski definition) is 2. The molecule has 418 valence electrons. The molecule has 6 heterocycles. The third kappa shape index (κ3) is 13.5. The third-order valence-corrected chi connectivity index (χ3v) is 17.7. The van der Waals surface area contributed by atoms with E-state index in [2.05, 4.69) is 92.1 Å². The van der Waals surface area contributed by atoms with Gasteiger partial charge >= 0.3 is 0 Å². The van der Waals surface area contributed by atoms with Gasteiger partial charge in [0.05, 0.1) is 58.3 Å². The molecule has 0 radical (unpaired) electrons. The third-order valence-electron chi connectivity index (χ3n) is 13.8. The molecule has 6 aromatic heterocycles. The zero-order valence-corrected chi connectivity index (χ0v) is 50.6.